The van der Waals surface area contributed by atoms with Gasteiger partial charge in [-0.15, -0.1) is 6.42 Å². The zero-order valence-electron chi connectivity index (χ0n) is 8.99. The summed E-state index contributed by atoms with van der Waals surface area (Å²) in [6, 6.07) is 7.73. The van der Waals surface area contributed by atoms with Gasteiger partial charge >= 0.3 is 0 Å². The highest BCUT2D eigenvalue weighted by atomic mass is 16.7. The summed E-state index contributed by atoms with van der Waals surface area (Å²) in [5.41, 5.74) is 2.10. The van der Waals surface area contributed by atoms with Gasteiger partial charge in [-0.1, -0.05) is 18.1 Å². The highest BCUT2D eigenvalue weighted by Crippen LogP contribution is 2.19. The molecule has 0 aliphatic carbocycles. The molecule has 15 heavy (non-hydrogen) atoms. The van der Waals surface area contributed by atoms with E-state index in [4.69, 9.17) is 15.9 Å². The number of ether oxygens (including phenoxy) is 2. The van der Waals surface area contributed by atoms with Gasteiger partial charge in [0.15, 0.2) is 6.79 Å². The second-order valence-corrected chi connectivity index (χ2v) is 3.07. The third-order valence-electron chi connectivity index (χ3n) is 1.93. The van der Waals surface area contributed by atoms with Gasteiger partial charge in [0.2, 0.25) is 0 Å². The largest absolute Gasteiger partial charge is 0.468 e. The Hall–Kier alpha value is -1.72. The molecule has 0 N–H and O–H groups in total. The molecule has 0 saturated heterocycles. The van der Waals surface area contributed by atoms with Gasteiger partial charge in [-0.2, -0.15) is 0 Å². The maximum Gasteiger partial charge on any atom is 0.188 e. The maximum absolute atomic E-state index is 5.32. The topological polar surface area (TPSA) is 18.5 Å². The van der Waals surface area contributed by atoms with Crippen molar-refractivity contribution in [1.29, 1.82) is 0 Å². The van der Waals surface area contributed by atoms with Crippen molar-refractivity contribution in [1.82, 2.24) is 0 Å². The molecule has 0 aliphatic heterocycles. The molecule has 1 aromatic carbocycles. The number of terminal acetylenes is 1. The predicted octanol–water partition coefficient (Wildman–Crippen LogP) is 2.71. The van der Waals surface area contributed by atoms with Crippen molar-refractivity contribution in [2.45, 2.75) is 6.92 Å². The molecular formula is C13H14O2. The van der Waals surface area contributed by atoms with E-state index in [1.807, 2.05) is 31.2 Å². The van der Waals surface area contributed by atoms with Crippen molar-refractivity contribution in [3.63, 3.8) is 0 Å². The number of hydrogen-bond donors (Lipinski definition) is 0. The lowest BCUT2D eigenvalue weighted by atomic mass is 10.1. The summed E-state index contributed by atoms with van der Waals surface area (Å²) < 4.78 is 10.1. The molecule has 0 spiro atoms. The molecule has 0 saturated carbocycles. The van der Waals surface area contributed by atoms with Crippen LogP contribution in [0.1, 0.15) is 12.5 Å². The Morgan fingerprint density at radius 2 is 2.33 bits per heavy atom. The van der Waals surface area contributed by atoms with Crippen molar-refractivity contribution in [3.05, 3.63) is 35.9 Å². The molecule has 1 rings (SSSR count). The molecule has 0 fully saturated rings. The van der Waals surface area contributed by atoms with E-state index in [0.717, 1.165) is 16.9 Å². The van der Waals surface area contributed by atoms with Crippen molar-refractivity contribution in [2.24, 2.45) is 0 Å². The first-order valence-corrected chi connectivity index (χ1v) is 4.63. The first kappa shape index (κ1) is 11.4. The van der Waals surface area contributed by atoms with Crippen LogP contribution >= 0.6 is 0 Å². The minimum absolute atomic E-state index is 0.251. The fourth-order valence-corrected chi connectivity index (χ4v) is 1.17. The van der Waals surface area contributed by atoms with Gasteiger partial charge in [0.1, 0.15) is 5.75 Å². The second-order valence-electron chi connectivity index (χ2n) is 3.07. The average molecular weight is 202 g/mol. The van der Waals surface area contributed by atoms with E-state index in [1.54, 1.807) is 13.2 Å². The van der Waals surface area contributed by atoms with Crippen LogP contribution in [0.25, 0.3) is 5.57 Å². The zero-order chi connectivity index (χ0) is 11.1. The Kier molecular flexibility index (Phi) is 4.46. The van der Waals surface area contributed by atoms with Crippen LogP contribution in [0, 0.1) is 12.3 Å². The van der Waals surface area contributed by atoms with E-state index >= 15 is 0 Å². The van der Waals surface area contributed by atoms with Gasteiger partial charge in [0, 0.05) is 7.11 Å². The van der Waals surface area contributed by atoms with Gasteiger partial charge in [-0.05, 0) is 36.3 Å². The van der Waals surface area contributed by atoms with Crippen LogP contribution in [0.3, 0.4) is 0 Å². The number of benzene rings is 1. The molecule has 0 atom stereocenters. The third kappa shape index (κ3) is 3.49. The summed E-state index contributed by atoms with van der Waals surface area (Å²) in [4.78, 5) is 0. The Labute approximate surface area is 90.5 Å². The Morgan fingerprint density at radius 3 is 3.00 bits per heavy atom. The quantitative estimate of drug-likeness (QED) is 0.552. The van der Waals surface area contributed by atoms with Crippen LogP contribution in [0.4, 0.5) is 0 Å². The summed E-state index contributed by atoms with van der Waals surface area (Å²) in [5, 5.41) is 0. The Balaban J connectivity index is 2.83. The second kappa shape index (κ2) is 5.90. The molecule has 0 unspecified atom stereocenters. The Morgan fingerprint density at radius 1 is 1.53 bits per heavy atom. The van der Waals surface area contributed by atoms with Crippen LogP contribution in [0.2, 0.25) is 0 Å². The van der Waals surface area contributed by atoms with E-state index in [2.05, 4.69) is 5.92 Å². The van der Waals surface area contributed by atoms with Crippen molar-refractivity contribution < 1.29 is 9.47 Å². The van der Waals surface area contributed by atoms with Crippen LogP contribution < -0.4 is 4.74 Å². The molecule has 2 nitrogen and oxygen atoms in total. The average Bonchev–Trinajstić information content (AvgIpc) is 2.27. The summed E-state index contributed by atoms with van der Waals surface area (Å²) >= 11 is 0. The number of methoxy groups -OCH3 is 1. The molecule has 0 radical (unpaired) electrons. The molecule has 78 valence electrons. The van der Waals surface area contributed by atoms with Gasteiger partial charge in [0.05, 0.1) is 0 Å². The SMILES string of the molecule is C#C/C=C(/C)c1cccc(OCOC)c1. The van der Waals surface area contributed by atoms with Crippen molar-refractivity contribution in [3.8, 4) is 18.1 Å². The normalized spacial score (nSPS) is 10.9. The summed E-state index contributed by atoms with van der Waals surface area (Å²) in [6.07, 6.45) is 6.94. The molecule has 0 aliphatic rings. The fourth-order valence-electron chi connectivity index (χ4n) is 1.17. The van der Waals surface area contributed by atoms with Crippen molar-refractivity contribution in [2.75, 3.05) is 13.9 Å². The van der Waals surface area contributed by atoms with Crippen LogP contribution in [-0.2, 0) is 4.74 Å². The fraction of sp³-hybridized carbons (Fsp3) is 0.231. The van der Waals surface area contributed by atoms with E-state index in [-0.39, 0.29) is 6.79 Å². The minimum Gasteiger partial charge on any atom is -0.468 e. The lowest BCUT2D eigenvalue weighted by Gasteiger charge is -2.06. The van der Waals surface area contributed by atoms with E-state index < -0.39 is 0 Å². The number of hydrogen-bond acceptors (Lipinski definition) is 2. The molecule has 0 aromatic heterocycles. The molecule has 0 bridgehead atoms. The maximum atomic E-state index is 5.32. The molecular weight excluding hydrogens is 188 g/mol. The lowest BCUT2D eigenvalue weighted by Crippen LogP contribution is -1.98. The van der Waals surface area contributed by atoms with E-state index in [0.29, 0.717) is 0 Å². The third-order valence-corrected chi connectivity index (χ3v) is 1.93. The molecule has 2 heteroatoms. The summed E-state index contributed by atoms with van der Waals surface area (Å²) in [6.45, 7) is 2.22. The summed E-state index contributed by atoms with van der Waals surface area (Å²) in [5.74, 6) is 3.28. The molecule has 1 aromatic rings. The van der Waals surface area contributed by atoms with E-state index in [9.17, 15) is 0 Å². The highest BCUT2D eigenvalue weighted by molar-refractivity contribution is 5.67. The molecule has 0 heterocycles. The van der Waals surface area contributed by atoms with Crippen LogP contribution in [0.15, 0.2) is 30.3 Å². The summed E-state index contributed by atoms with van der Waals surface area (Å²) in [7, 11) is 1.59. The highest BCUT2D eigenvalue weighted by Gasteiger charge is 1.97. The first-order chi connectivity index (χ1) is 7.27. The minimum atomic E-state index is 0.251. The predicted molar refractivity (Wildman–Crippen MR) is 61.4 cm³/mol. The smallest absolute Gasteiger partial charge is 0.188 e. The Bertz CT molecular complexity index is 386. The lowest BCUT2D eigenvalue weighted by molar-refractivity contribution is 0.0511. The monoisotopic (exact) mass is 202 g/mol. The van der Waals surface area contributed by atoms with Crippen LogP contribution in [-0.4, -0.2) is 13.9 Å². The van der Waals surface area contributed by atoms with Crippen molar-refractivity contribution >= 4 is 5.57 Å². The van der Waals surface area contributed by atoms with Gasteiger partial charge in [-0.3, -0.25) is 0 Å². The first-order valence-electron chi connectivity index (χ1n) is 4.63. The zero-order valence-corrected chi connectivity index (χ0v) is 8.99. The van der Waals surface area contributed by atoms with Gasteiger partial charge < -0.3 is 9.47 Å². The number of allylic oxidation sites excluding steroid dienone is 2. The number of rotatable bonds is 4. The van der Waals surface area contributed by atoms with Gasteiger partial charge in [-0.25, -0.2) is 0 Å². The standard InChI is InChI=1S/C13H14O2/c1-4-6-11(2)12-7-5-8-13(9-12)15-10-14-3/h1,5-9H,10H2,2-3H3/b11-6-. The van der Waals surface area contributed by atoms with Crippen LogP contribution in [0.5, 0.6) is 5.75 Å². The van der Waals surface area contributed by atoms with Gasteiger partial charge in [0.25, 0.3) is 0 Å². The molecule has 0 amide bonds. The van der Waals surface area contributed by atoms with E-state index in [1.165, 1.54) is 0 Å².